The van der Waals surface area contributed by atoms with Crippen LogP contribution in [0.5, 0.6) is 11.5 Å². The van der Waals surface area contributed by atoms with Crippen molar-refractivity contribution >= 4 is 24.4 Å². The zero-order valence-corrected chi connectivity index (χ0v) is 16.2. The number of alkyl halides is 3. The summed E-state index contributed by atoms with van der Waals surface area (Å²) in [6.45, 7) is 1.09. The largest absolute Gasteiger partial charge is 0.497 e. The molecule has 156 valence electrons. The molecule has 10 heteroatoms. The Labute approximate surface area is 167 Å². The van der Waals surface area contributed by atoms with Crippen LogP contribution in [0.15, 0.2) is 23.8 Å². The molecule has 0 aliphatic carbocycles. The Kier molecular flexibility index (Phi) is 7.56. The third-order valence-corrected chi connectivity index (χ3v) is 4.65. The summed E-state index contributed by atoms with van der Waals surface area (Å²) >= 11 is 0. The highest BCUT2D eigenvalue weighted by molar-refractivity contribution is 5.99. The van der Waals surface area contributed by atoms with Gasteiger partial charge in [-0.3, -0.25) is 9.69 Å². The Balaban J connectivity index is 0.00000280. The first-order valence-corrected chi connectivity index (χ1v) is 8.69. The molecule has 1 aromatic carbocycles. The number of rotatable bonds is 5. The Bertz CT molecular complexity index is 722. The van der Waals surface area contributed by atoms with Gasteiger partial charge in [0, 0.05) is 38.3 Å². The third kappa shape index (κ3) is 5.30. The second-order valence-electron chi connectivity index (χ2n) is 6.42. The maximum absolute atomic E-state index is 13.4. The molecular weight excluding hydrogens is 399 g/mol. The van der Waals surface area contributed by atoms with Gasteiger partial charge < -0.3 is 20.1 Å². The molecule has 0 radical (unpaired) electrons. The highest BCUT2D eigenvalue weighted by atomic mass is 35.5. The van der Waals surface area contributed by atoms with E-state index in [4.69, 9.17) is 9.47 Å². The van der Waals surface area contributed by atoms with Gasteiger partial charge in [-0.2, -0.15) is 13.2 Å². The van der Waals surface area contributed by atoms with E-state index in [2.05, 4.69) is 10.6 Å². The first-order valence-electron chi connectivity index (χ1n) is 8.69. The molecule has 1 amide bonds. The number of carbonyl (C=O) groups excluding carboxylic acids is 1. The minimum atomic E-state index is -4.41. The number of fused-ring (bicyclic) bond motifs is 1. The second-order valence-corrected chi connectivity index (χ2v) is 6.42. The third-order valence-electron chi connectivity index (χ3n) is 4.65. The van der Waals surface area contributed by atoms with Gasteiger partial charge in [0.25, 0.3) is 5.91 Å². The van der Waals surface area contributed by atoms with Gasteiger partial charge in [0.1, 0.15) is 24.1 Å². The fourth-order valence-corrected chi connectivity index (χ4v) is 3.16. The van der Waals surface area contributed by atoms with E-state index >= 15 is 0 Å². The Morgan fingerprint density at radius 2 is 2.07 bits per heavy atom. The molecule has 1 unspecified atom stereocenters. The minimum absolute atomic E-state index is 0. The smallest absolute Gasteiger partial charge is 0.405 e. The zero-order chi connectivity index (χ0) is 19.4. The Morgan fingerprint density at radius 1 is 1.36 bits per heavy atom. The van der Waals surface area contributed by atoms with Crippen LogP contribution in [0.25, 0.3) is 6.08 Å². The average Bonchev–Trinajstić information content (AvgIpc) is 2.66. The predicted octanol–water partition coefficient (Wildman–Crippen LogP) is 1.85. The lowest BCUT2D eigenvalue weighted by Crippen LogP contribution is -2.57. The number of ether oxygens (including phenoxy) is 2. The molecule has 1 saturated heterocycles. The summed E-state index contributed by atoms with van der Waals surface area (Å²) in [6, 6.07) is 3.46. The molecule has 1 atom stereocenters. The maximum Gasteiger partial charge on any atom is 0.405 e. The minimum Gasteiger partial charge on any atom is -0.497 e. The normalized spacial score (nSPS) is 18.1. The Hall–Kier alpha value is -1.97. The quantitative estimate of drug-likeness (QED) is 0.759. The number of amides is 1. The summed E-state index contributed by atoms with van der Waals surface area (Å²) in [6.07, 6.45) is -2.80. The van der Waals surface area contributed by atoms with Gasteiger partial charge in [0.2, 0.25) is 0 Å². The highest BCUT2D eigenvalue weighted by Crippen LogP contribution is 2.30. The number of nitrogens with zero attached hydrogens (tertiary/aromatic N) is 1. The fraction of sp³-hybridized carbons (Fsp3) is 0.500. The van der Waals surface area contributed by atoms with Crippen LogP contribution in [0, 0.1) is 0 Å². The number of methoxy groups -OCH3 is 1. The van der Waals surface area contributed by atoms with Crippen molar-refractivity contribution in [2.75, 3.05) is 46.4 Å². The molecule has 28 heavy (non-hydrogen) atoms. The molecule has 1 fully saturated rings. The molecule has 2 aliphatic rings. The Morgan fingerprint density at radius 3 is 2.71 bits per heavy atom. The van der Waals surface area contributed by atoms with Crippen molar-refractivity contribution in [3.63, 3.8) is 0 Å². The molecule has 2 aliphatic heterocycles. The number of nitrogens with one attached hydrogen (secondary N) is 2. The van der Waals surface area contributed by atoms with Crippen LogP contribution in [0.3, 0.4) is 0 Å². The summed E-state index contributed by atoms with van der Waals surface area (Å²) in [5.41, 5.74) is 0.928. The van der Waals surface area contributed by atoms with Crippen LogP contribution >= 0.6 is 12.4 Å². The van der Waals surface area contributed by atoms with Crippen molar-refractivity contribution in [2.45, 2.75) is 12.2 Å². The van der Waals surface area contributed by atoms with Gasteiger partial charge in [0.05, 0.1) is 12.7 Å². The van der Waals surface area contributed by atoms with Crippen LogP contribution in [0.4, 0.5) is 13.2 Å². The van der Waals surface area contributed by atoms with E-state index < -0.39 is 24.7 Å². The summed E-state index contributed by atoms with van der Waals surface area (Å²) in [7, 11) is 1.52. The van der Waals surface area contributed by atoms with Crippen LogP contribution in [0.1, 0.15) is 5.56 Å². The predicted molar refractivity (Wildman–Crippen MR) is 101 cm³/mol. The lowest BCUT2D eigenvalue weighted by molar-refractivity contribution is -0.183. The summed E-state index contributed by atoms with van der Waals surface area (Å²) in [4.78, 5) is 13.7. The van der Waals surface area contributed by atoms with Crippen LogP contribution in [-0.4, -0.2) is 69.5 Å². The molecule has 2 heterocycles. The molecule has 6 nitrogen and oxygen atoms in total. The fourth-order valence-electron chi connectivity index (χ4n) is 3.16. The monoisotopic (exact) mass is 421 g/mol. The number of hydrogen-bond donors (Lipinski definition) is 2. The molecule has 0 spiro atoms. The number of benzene rings is 1. The van der Waals surface area contributed by atoms with Gasteiger partial charge in [-0.05, 0) is 24.3 Å². The lowest BCUT2D eigenvalue weighted by atomic mass is 10.1. The van der Waals surface area contributed by atoms with Crippen LogP contribution in [0.2, 0.25) is 0 Å². The molecule has 0 aromatic heterocycles. The SMILES string of the molecule is COc1ccc2c(c1)C=C(C(=O)NCC(N1CCNCC1)C(F)(F)F)CO2.Cl. The van der Waals surface area contributed by atoms with Crippen LogP contribution < -0.4 is 20.1 Å². The standard InChI is InChI=1S/C18H22F3N3O3.ClH/c1-26-14-2-3-15-12(9-14)8-13(11-27-15)17(25)23-10-16(18(19,20)21)24-6-4-22-5-7-24;/h2-3,8-9,16,22H,4-7,10-11H2,1H3,(H,23,25);1H. The first kappa shape index (κ1) is 22.3. The molecule has 3 rings (SSSR count). The van der Waals surface area contributed by atoms with Gasteiger partial charge >= 0.3 is 6.18 Å². The van der Waals surface area contributed by atoms with E-state index in [0.717, 1.165) is 0 Å². The summed E-state index contributed by atoms with van der Waals surface area (Å²) in [5.74, 6) is 0.639. The van der Waals surface area contributed by atoms with E-state index in [-0.39, 0.29) is 24.6 Å². The van der Waals surface area contributed by atoms with Gasteiger partial charge in [-0.1, -0.05) is 0 Å². The van der Waals surface area contributed by atoms with E-state index in [1.165, 1.54) is 12.0 Å². The zero-order valence-electron chi connectivity index (χ0n) is 15.3. The highest BCUT2D eigenvalue weighted by Gasteiger charge is 2.43. The van der Waals surface area contributed by atoms with Gasteiger partial charge in [-0.25, -0.2) is 0 Å². The lowest BCUT2D eigenvalue weighted by Gasteiger charge is -2.36. The molecule has 0 bridgehead atoms. The first-order chi connectivity index (χ1) is 12.9. The van der Waals surface area contributed by atoms with Crippen molar-refractivity contribution in [3.05, 3.63) is 29.3 Å². The van der Waals surface area contributed by atoms with Crippen LogP contribution in [-0.2, 0) is 4.79 Å². The number of hydrogen-bond acceptors (Lipinski definition) is 5. The van der Waals surface area contributed by atoms with E-state index in [0.29, 0.717) is 43.2 Å². The van der Waals surface area contributed by atoms with Gasteiger partial charge in [0.15, 0.2) is 0 Å². The topological polar surface area (TPSA) is 62.8 Å². The summed E-state index contributed by atoms with van der Waals surface area (Å²) < 4.78 is 50.9. The second kappa shape index (κ2) is 9.49. The van der Waals surface area contributed by atoms with Crippen molar-refractivity contribution in [1.82, 2.24) is 15.5 Å². The molecule has 2 N–H and O–H groups in total. The number of carbonyl (C=O) groups is 1. The molecular formula is C18H23ClF3N3O3. The van der Waals surface area contributed by atoms with Gasteiger partial charge in [-0.15, -0.1) is 12.4 Å². The number of halogens is 4. The van der Waals surface area contributed by atoms with Crippen molar-refractivity contribution < 1.29 is 27.4 Å². The van der Waals surface area contributed by atoms with E-state index in [1.54, 1.807) is 24.3 Å². The summed E-state index contributed by atoms with van der Waals surface area (Å²) in [5, 5.41) is 5.44. The van der Waals surface area contributed by atoms with E-state index in [9.17, 15) is 18.0 Å². The van der Waals surface area contributed by atoms with Crippen molar-refractivity contribution in [3.8, 4) is 11.5 Å². The van der Waals surface area contributed by atoms with Crippen molar-refractivity contribution in [1.29, 1.82) is 0 Å². The number of piperazine rings is 1. The molecule has 0 saturated carbocycles. The molecule has 1 aromatic rings. The maximum atomic E-state index is 13.4. The van der Waals surface area contributed by atoms with Crippen molar-refractivity contribution in [2.24, 2.45) is 0 Å². The average molecular weight is 422 g/mol. The van der Waals surface area contributed by atoms with E-state index in [1.807, 2.05) is 0 Å².